The molecule has 7 heteroatoms. The molecular weight excluding hydrogens is 348 g/mol. The van der Waals surface area contributed by atoms with Gasteiger partial charge in [-0.1, -0.05) is 20.8 Å². The van der Waals surface area contributed by atoms with Gasteiger partial charge in [0.15, 0.2) is 12.4 Å². The number of carbonyl (C=O) groups is 3. The van der Waals surface area contributed by atoms with Crippen LogP contribution in [0.25, 0.3) is 0 Å². The number of likely N-dealkylation sites (tertiary alicyclic amines) is 1. The molecule has 1 unspecified atom stereocenters. The lowest BCUT2D eigenvalue weighted by Crippen LogP contribution is -2.48. The van der Waals surface area contributed by atoms with Crippen molar-refractivity contribution in [3.05, 3.63) is 35.3 Å². The zero-order valence-electron chi connectivity index (χ0n) is 16.3. The van der Waals surface area contributed by atoms with Crippen LogP contribution in [0.4, 0.5) is 0 Å². The van der Waals surface area contributed by atoms with Gasteiger partial charge in [0, 0.05) is 23.6 Å². The number of ether oxygens (including phenoxy) is 1. The molecule has 2 rings (SSSR count). The van der Waals surface area contributed by atoms with E-state index in [1.165, 1.54) is 17.3 Å². The van der Waals surface area contributed by atoms with Crippen molar-refractivity contribution in [1.29, 1.82) is 0 Å². The molecule has 0 saturated carbocycles. The SMILES string of the molecule is CCC(C)(C)C(=O)C(=O)N1CCCC1C(=O)OCCCc1ccc[n+]([O-])c1. The van der Waals surface area contributed by atoms with Crippen LogP contribution in [0.1, 0.15) is 52.0 Å². The molecule has 1 atom stereocenters. The van der Waals surface area contributed by atoms with E-state index in [2.05, 4.69) is 0 Å². The molecule has 0 aromatic carbocycles. The van der Waals surface area contributed by atoms with E-state index < -0.39 is 29.1 Å². The Morgan fingerprint density at radius 3 is 2.78 bits per heavy atom. The van der Waals surface area contributed by atoms with Crippen LogP contribution in [-0.4, -0.2) is 41.8 Å². The number of aromatic nitrogens is 1. The van der Waals surface area contributed by atoms with E-state index in [9.17, 15) is 19.6 Å². The lowest BCUT2D eigenvalue weighted by molar-refractivity contribution is -0.605. The average Bonchev–Trinajstić information content (AvgIpc) is 3.13. The first-order valence-electron chi connectivity index (χ1n) is 9.46. The van der Waals surface area contributed by atoms with E-state index in [0.717, 1.165) is 10.3 Å². The van der Waals surface area contributed by atoms with Crippen LogP contribution in [0.2, 0.25) is 0 Å². The Bertz CT molecular complexity index is 701. The van der Waals surface area contributed by atoms with E-state index in [4.69, 9.17) is 4.74 Å². The van der Waals surface area contributed by atoms with Crippen LogP contribution < -0.4 is 4.73 Å². The van der Waals surface area contributed by atoms with Crippen molar-refractivity contribution in [2.24, 2.45) is 5.41 Å². The van der Waals surface area contributed by atoms with Crippen LogP contribution in [0, 0.1) is 10.6 Å². The van der Waals surface area contributed by atoms with Crippen LogP contribution in [0.15, 0.2) is 24.5 Å². The highest BCUT2D eigenvalue weighted by Gasteiger charge is 2.41. The van der Waals surface area contributed by atoms with Crippen molar-refractivity contribution >= 4 is 17.7 Å². The van der Waals surface area contributed by atoms with Crippen molar-refractivity contribution in [3.8, 4) is 0 Å². The molecule has 0 bridgehead atoms. The second-order valence-electron chi connectivity index (χ2n) is 7.57. The van der Waals surface area contributed by atoms with Gasteiger partial charge in [-0.15, -0.1) is 0 Å². The second kappa shape index (κ2) is 8.97. The van der Waals surface area contributed by atoms with E-state index >= 15 is 0 Å². The molecule has 1 fully saturated rings. The maximum atomic E-state index is 12.5. The van der Waals surface area contributed by atoms with Crippen molar-refractivity contribution in [1.82, 2.24) is 4.90 Å². The number of amides is 1. The summed E-state index contributed by atoms with van der Waals surface area (Å²) >= 11 is 0. The molecule has 1 aliphatic rings. The summed E-state index contributed by atoms with van der Waals surface area (Å²) in [6.45, 7) is 5.96. The molecule has 0 radical (unpaired) electrons. The number of rotatable bonds is 8. The summed E-state index contributed by atoms with van der Waals surface area (Å²) < 4.78 is 6.06. The lowest BCUT2D eigenvalue weighted by Gasteiger charge is -2.27. The Morgan fingerprint density at radius 2 is 2.11 bits per heavy atom. The smallest absolute Gasteiger partial charge is 0.328 e. The summed E-state index contributed by atoms with van der Waals surface area (Å²) in [5.41, 5.74) is 0.135. The average molecular weight is 376 g/mol. The number of pyridine rings is 1. The minimum absolute atomic E-state index is 0.208. The van der Waals surface area contributed by atoms with Gasteiger partial charge in [-0.2, -0.15) is 4.73 Å². The number of hydrogen-bond acceptors (Lipinski definition) is 5. The minimum atomic E-state index is -0.734. The van der Waals surface area contributed by atoms with Crippen molar-refractivity contribution < 1.29 is 23.9 Å². The third-order valence-corrected chi connectivity index (χ3v) is 5.17. The quantitative estimate of drug-likeness (QED) is 0.227. The second-order valence-corrected chi connectivity index (χ2v) is 7.57. The molecule has 27 heavy (non-hydrogen) atoms. The number of hydrogen-bond donors (Lipinski definition) is 0. The Labute approximate surface area is 159 Å². The van der Waals surface area contributed by atoms with Crippen molar-refractivity contribution in [2.75, 3.05) is 13.2 Å². The maximum Gasteiger partial charge on any atom is 0.328 e. The Balaban J connectivity index is 1.86. The van der Waals surface area contributed by atoms with Gasteiger partial charge in [0.25, 0.3) is 5.91 Å². The van der Waals surface area contributed by atoms with Crippen LogP contribution >= 0.6 is 0 Å². The first-order valence-corrected chi connectivity index (χ1v) is 9.46. The number of carbonyl (C=O) groups excluding carboxylic acids is 3. The van der Waals surface area contributed by atoms with E-state index in [1.807, 2.05) is 13.0 Å². The number of aryl methyl sites for hydroxylation is 1. The normalized spacial score (nSPS) is 17.0. The first kappa shape index (κ1) is 20.9. The number of ketones is 1. The summed E-state index contributed by atoms with van der Waals surface area (Å²) in [5.74, 6) is -1.51. The predicted molar refractivity (Wildman–Crippen MR) is 98.5 cm³/mol. The van der Waals surface area contributed by atoms with Crippen LogP contribution in [0.3, 0.4) is 0 Å². The third kappa shape index (κ3) is 5.28. The molecule has 1 aromatic rings. The van der Waals surface area contributed by atoms with Crippen molar-refractivity contribution in [3.63, 3.8) is 0 Å². The summed E-state index contributed by atoms with van der Waals surface area (Å²) in [6.07, 6.45) is 5.85. The van der Waals surface area contributed by atoms with E-state index in [-0.39, 0.29) is 6.61 Å². The summed E-state index contributed by atoms with van der Waals surface area (Å²) in [7, 11) is 0. The van der Waals surface area contributed by atoms with Crippen LogP contribution in [0.5, 0.6) is 0 Å². The predicted octanol–water partition coefficient (Wildman–Crippen LogP) is 1.79. The van der Waals surface area contributed by atoms with Gasteiger partial charge in [-0.3, -0.25) is 9.59 Å². The maximum absolute atomic E-state index is 12.5. The molecular formula is C20H28N2O5. The fraction of sp³-hybridized carbons (Fsp3) is 0.600. The van der Waals surface area contributed by atoms with Gasteiger partial charge in [0.1, 0.15) is 6.04 Å². The monoisotopic (exact) mass is 376 g/mol. The minimum Gasteiger partial charge on any atom is -0.619 e. The Hall–Kier alpha value is -2.44. The van der Waals surface area contributed by atoms with E-state index in [1.54, 1.807) is 19.9 Å². The van der Waals surface area contributed by atoms with Gasteiger partial charge in [0.2, 0.25) is 5.78 Å². The van der Waals surface area contributed by atoms with Gasteiger partial charge < -0.3 is 14.8 Å². The highest BCUT2D eigenvalue weighted by atomic mass is 16.5. The van der Waals surface area contributed by atoms with Gasteiger partial charge in [0.05, 0.1) is 6.61 Å². The Kier molecular flexibility index (Phi) is 6.93. The molecule has 0 N–H and O–H groups in total. The third-order valence-electron chi connectivity index (χ3n) is 5.17. The highest BCUT2D eigenvalue weighted by molar-refractivity contribution is 6.38. The van der Waals surface area contributed by atoms with Gasteiger partial charge in [-0.05, 0) is 38.2 Å². The van der Waals surface area contributed by atoms with Crippen molar-refractivity contribution in [2.45, 2.75) is 58.9 Å². The zero-order chi connectivity index (χ0) is 20.0. The standard InChI is InChI=1S/C20H28N2O5/c1-4-20(2,3)17(23)18(24)22-12-6-10-16(22)19(25)27-13-7-9-15-8-5-11-21(26)14-15/h5,8,11,14,16H,4,6-7,9-10,12-13H2,1-3H3. The number of Topliss-reactive ketones (excluding diaryl/α,β-unsaturated/α-hetero) is 1. The summed E-state index contributed by atoms with van der Waals surface area (Å²) in [5, 5.41) is 11.2. The topological polar surface area (TPSA) is 90.6 Å². The van der Waals surface area contributed by atoms with Crippen LogP contribution in [-0.2, 0) is 25.5 Å². The molecule has 0 spiro atoms. The molecule has 7 nitrogen and oxygen atoms in total. The molecule has 0 aliphatic carbocycles. The zero-order valence-corrected chi connectivity index (χ0v) is 16.3. The molecule has 1 aliphatic heterocycles. The van der Waals surface area contributed by atoms with E-state index in [0.29, 0.717) is 38.6 Å². The Morgan fingerprint density at radius 1 is 1.37 bits per heavy atom. The fourth-order valence-electron chi connectivity index (χ4n) is 3.03. The molecule has 2 heterocycles. The van der Waals surface area contributed by atoms with Gasteiger partial charge >= 0.3 is 5.97 Å². The number of nitrogens with zero attached hydrogens (tertiary/aromatic N) is 2. The highest BCUT2D eigenvalue weighted by Crippen LogP contribution is 2.26. The molecule has 1 aromatic heterocycles. The fourth-order valence-corrected chi connectivity index (χ4v) is 3.03. The molecule has 1 saturated heterocycles. The number of esters is 1. The summed E-state index contributed by atoms with van der Waals surface area (Å²) in [6, 6.07) is 2.83. The summed E-state index contributed by atoms with van der Waals surface area (Å²) in [4.78, 5) is 38.7. The first-order chi connectivity index (χ1) is 12.8. The molecule has 148 valence electrons. The lowest BCUT2D eigenvalue weighted by atomic mass is 9.84. The largest absolute Gasteiger partial charge is 0.619 e. The van der Waals surface area contributed by atoms with Gasteiger partial charge in [-0.25, -0.2) is 4.79 Å². The molecule has 1 amide bonds.